The maximum absolute atomic E-state index is 10.4. The Balaban J connectivity index is 0.000000487. The third-order valence-electron chi connectivity index (χ3n) is 6.46. The molecule has 1 aliphatic carbocycles. The number of carbonyl (C=O) groups excluding carboxylic acids is 1. The summed E-state index contributed by atoms with van der Waals surface area (Å²) in [4.78, 5) is 33.7. The van der Waals surface area contributed by atoms with Crippen LogP contribution in [0, 0.1) is 5.92 Å². The molecule has 0 aliphatic heterocycles. The van der Waals surface area contributed by atoms with Gasteiger partial charge in [-0.1, -0.05) is 11.8 Å². The van der Waals surface area contributed by atoms with Crippen molar-refractivity contribution in [2.75, 3.05) is 5.75 Å². The molecule has 5 aromatic heterocycles. The average Bonchev–Trinajstić information content (AvgIpc) is 3.74. The molecule has 5 aromatic rings. The number of fused-ring (bicyclic) bond motifs is 1. The first-order valence-electron chi connectivity index (χ1n) is 12.5. The van der Waals surface area contributed by atoms with Gasteiger partial charge in [-0.15, -0.1) is 5.10 Å². The Morgan fingerprint density at radius 1 is 1.10 bits per heavy atom. The summed E-state index contributed by atoms with van der Waals surface area (Å²) in [6, 6.07) is 4.25. The number of nitrogens with one attached hydrogen (secondary N) is 2. The van der Waals surface area contributed by atoms with Gasteiger partial charge in [0.2, 0.25) is 11.4 Å². The summed E-state index contributed by atoms with van der Waals surface area (Å²) < 4.78 is 33.4. The highest BCUT2D eigenvalue weighted by Crippen LogP contribution is 2.35. The van der Waals surface area contributed by atoms with Crippen molar-refractivity contribution in [2.24, 2.45) is 5.92 Å². The second kappa shape index (κ2) is 12.4. The van der Waals surface area contributed by atoms with Gasteiger partial charge in [-0.05, 0) is 43.7 Å². The molecule has 1 fully saturated rings. The summed E-state index contributed by atoms with van der Waals surface area (Å²) in [5, 5.41) is 13.9. The molecule has 0 aromatic carbocycles. The summed E-state index contributed by atoms with van der Waals surface area (Å²) in [6.45, 7) is 0. The molecule has 40 heavy (non-hydrogen) atoms. The summed E-state index contributed by atoms with van der Waals surface area (Å²) in [7, 11) is 0. The molecular weight excluding hydrogens is 545 g/mol. The molecule has 0 radical (unpaired) electrons. The lowest BCUT2D eigenvalue weighted by Crippen LogP contribution is -2.19. The Kier molecular flexibility index (Phi) is 8.48. The van der Waals surface area contributed by atoms with Crippen LogP contribution < -0.4 is 0 Å². The van der Waals surface area contributed by atoms with Crippen LogP contribution in [-0.4, -0.2) is 68.1 Å². The maximum Gasteiger partial charge on any atom is 0.446 e. The zero-order valence-electron chi connectivity index (χ0n) is 21.1. The Hall–Kier alpha value is -4.14. The average molecular weight is 571 g/mol. The van der Waals surface area contributed by atoms with E-state index >= 15 is 0 Å². The standard InChI is InChI=1S/C23H24N10S.C2HF3O/c1-7-24-19(25-8-1)10-20-30-23(32-31-20)34-13-15-2-4-17(5-3-15)33-12-16(11-29-33)21-18-6-9-26-22(18)28-14-27-21;3-2(4,5)1-6/h1,6-9,11-12,14-15,17H,2-5,10,13H2,(H,26,27,28)(H,30,31,32);1H. The Morgan fingerprint density at radius 3 is 2.62 bits per heavy atom. The van der Waals surface area contributed by atoms with E-state index in [1.165, 1.54) is 12.8 Å². The van der Waals surface area contributed by atoms with Gasteiger partial charge in [-0.25, -0.2) is 24.9 Å². The number of alkyl halides is 3. The van der Waals surface area contributed by atoms with Crippen molar-refractivity contribution in [3.8, 4) is 11.3 Å². The number of aromatic amines is 2. The van der Waals surface area contributed by atoms with E-state index in [-0.39, 0.29) is 0 Å². The normalized spacial score (nSPS) is 17.4. The minimum absolute atomic E-state index is 0.430. The fourth-order valence-electron chi connectivity index (χ4n) is 4.52. The molecule has 0 bridgehead atoms. The lowest BCUT2D eigenvalue weighted by Gasteiger charge is -2.28. The van der Waals surface area contributed by atoms with Gasteiger partial charge in [0.25, 0.3) is 0 Å². The summed E-state index contributed by atoms with van der Waals surface area (Å²) in [5.74, 6) is 3.24. The second-order valence-corrected chi connectivity index (χ2v) is 10.2. The lowest BCUT2D eigenvalue weighted by molar-refractivity contribution is -0.156. The number of hydrogen-bond acceptors (Lipinski definition) is 9. The monoisotopic (exact) mass is 570 g/mol. The number of carbonyl (C=O) groups is 1. The van der Waals surface area contributed by atoms with Gasteiger partial charge in [-0.3, -0.25) is 14.6 Å². The number of hydrogen-bond donors (Lipinski definition) is 2. The van der Waals surface area contributed by atoms with E-state index in [9.17, 15) is 13.2 Å². The van der Waals surface area contributed by atoms with E-state index in [4.69, 9.17) is 4.79 Å². The van der Waals surface area contributed by atoms with Gasteiger partial charge in [0.15, 0.2) is 0 Å². The molecule has 0 unspecified atom stereocenters. The van der Waals surface area contributed by atoms with Crippen molar-refractivity contribution in [1.82, 2.24) is 49.9 Å². The topological polar surface area (TPSA) is 144 Å². The third kappa shape index (κ3) is 7.08. The van der Waals surface area contributed by atoms with Crippen molar-refractivity contribution < 1.29 is 18.0 Å². The van der Waals surface area contributed by atoms with E-state index in [2.05, 4.69) is 56.1 Å². The van der Waals surface area contributed by atoms with Gasteiger partial charge in [0.05, 0.1) is 24.4 Å². The number of nitrogens with zero attached hydrogens (tertiary/aromatic N) is 8. The predicted octanol–water partition coefficient (Wildman–Crippen LogP) is 4.59. The molecule has 0 saturated heterocycles. The second-order valence-electron chi connectivity index (χ2n) is 9.22. The number of thioether (sulfide) groups is 1. The predicted molar refractivity (Wildman–Crippen MR) is 140 cm³/mol. The van der Waals surface area contributed by atoms with Gasteiger partial charge in [0.1, 0.15) is 23.6 Å². The van der Waals surface area contributed by atoms with Crippen LogP contribution in [0.4, 0.5) is 13.2 Å². The Bertz CT molecular complexity index is 1530. The van der Waals surface area contributed by atoms with E-state index < -0.39 is 12.5 Å². The number of H-pyrrole nitrogens is 2. The van der Waals surface area contributed by atoms with Crippen LogP contribution >= 0.6 is 11.8 Å². The van der Waals surface area contributed by atoms with E-state index in [1.807, 2.05) is 24.5 Å². The zero-order valence-corrected chi connectivity index (χ0v) is 21.9. The molecule has 1 saturated carbocycles. The van der Waals surface area contributed by atoms with Crippen molar-refractivity contribution in [3.63, 3.8) is 0 Å². The zero-order chi connectivity index (χ0) is 28.0. The smallest absolute Gasteiger partial charge is 0.346 e. The molecule has 5 heterocycles. The van der Waals surface area contributed by atoms with Gasteiger partial charge in [0, 0.05) is 41.5 Å². The first kappa shape index (κ1) is 27.4. The van der Waals surface area contributed by atoms with Crippen LogP contribution in [0.2, 0.25) is 0 Å². The molecule has 6 rings (SSSR count). The number of aromatic nitrogens is 10. The summed E-state index contributed by atoms with van der Waals surface area (Å²) >= 11 is 1.72. The first-order valence-corrected chi connectivity index (χ1v) is 13.5. The Morgan fingerprint density at radius 2 is 1.88 bits per heavy atom. The summed E-state index contributed by atoms with van der Waals surface area (Å²) in [6.07, 6.45) is 10.5. The van der Waals surface area contributed by atoms with Crippen molar-refractivity contribution in [1.29, 1.82) is 0 Å². The van der Waals surface area contributed by atoms with Crippen LogP contribution in [0.25, 0.3) is 22.3 Å². The minimum atomic E-state index is -4.64. The molecular formula is C25H25F3N10OS. The quantitative estimate of drug-likeness (QED) is 0.212. The highest BCUT2D eigenvalue weighted by molar-refractivity contribution is 7.99. The highest BCUT2D eigenvalue weighted by atomic mass is 32.2. The van der Waals surface area contributed by atoms with Gasteiger partial charge < -0.3 is 4.98 Å². The summed E-state index contributed by atoms with van der Waals surface area (Å²) in [5.41, 5.74) is 2.81. The molecule has 1 aliphatic rings. The van der Waals surface area contributed by atoms with Gasteiger partial charge in [-0.2, -0.15) is 18.3 Å². The van der Waals surface area contributed by atoms with Crippen LogP contribution in [-0.2, 0) is 11.2 Å². The fourth-order valence-corrected chi connectivity index (χ4v) is 5.53. The molecule has 11 nitrogen and oxygen atoms in total. The lowest BCUT2D eigenvalue weighted by atomic mass is 9.87. The van der Waals surface area contributed by atoms with E-state index in [0.29, 0.717) is 18.4 Å². The van der Waals surface area contributed by atoms with Crippen LogP contribution in [0.1, 0.15) is 43.4 Å². The third-order valence-corrected chi connectivity index (χ3v) is 7.54. The fraction of sp³-hybridized carbons (Fsp3) is 0.360. The van der Waals surface area contributed by atoms with E-state index in [1.54, 1.807) is 30.5 Å². The number of halogens is 3. The van der Waals surface area contributed by atoms with Crippen LogP contribution in [0.3, 0.4) is 0 Å². The van der Waals surface area contributed by atoms with Crippen molar-refractivity contribution in [3.05, 3.63) is 61.1 Å². The largest absolute Gasteiger partial charge is 0.446 e. The number of aldehydes is 1. The molecule has 0 atom stereocenters. The van der Waals surface area contributed by atoms with Crippen molar-refractivity contribution in [2.45, 2.75) is 49.5 Å². The number of rotatable bonds is 7. The van der Waals surface area contributed by atoms with Crippen LogP contribution in [0.5, 0.6) is 0 Å². The highest BCUT2D eigenvalue weighted by Gasteiger charge is 2.25. The van der Waals surface area contributed by atoms with Crippen molar-refractivity contribution >= 4 is 29.1 Å². The minimum Gasteiger partial charge on any atom is -0.346 e. The molecule has 0 spiro atoms. The Labute approximate surface area is 230 Å². The first-order chi connectivity index (χ1) is 19.4. The van der Waals surface area contributed by atoms with E-state index in [0.717, 1.165) is 57.7 Å². The van der Waals surface area contributed by atoms with Crippen LogP contribution in [0.15, 0.2) is 54.6 Å². The molecule has 15 heteroatoms. The molecule has 2 N–H and O–H groups in total. The van der Waals surface area contributed by atoms with Gasteiger partial charge >= 0.3 is 6.18 Å². The SMILES string of the molecule is O=CC(F)(F)F.c1cnc(Cc2nc(SCC3CCC(n4cc(-c5ncnc6[nH]ccc56)cn4)CC3)n[nH]2)nc1. The molecule has 0 amide bonds. The maximum atomic E-state index is 10.4. The molecule has 208 valence electrons.